The highest BCUT2D eigenvalue weighted by Crippen LogP contribution is 2.18. The van der Waals surface area contributed by atoms with Gasteiger partial charge in [0.05, 0.1) is 0 Å². The molecule has 0 fully saturated rings. The SMILES string of the molecule is C=C(C)C.Oc1ccccc1S. The lowest BCUT2D eigenvalue weighted by Crippen LogP contribution is -1.64. The molecule has 0 aliphatic heterocycles. The van der Waals surface area contributed by atoms with E-state index in [9.17, 15) is 0 Å². The molecule has 0 unspecified atom stereocenters. The number of hydrogen-bond donors (Lipinski definition) is 2. The Labute approximate surface area is 79.2 Å². The quantitative estimate of drug-likeness (QED) is 0.466. The molecule has 0 heterocycles. The largest absolute Gasteiger partial charge is 0.507 e. The number of para-hydroxylation sites is 1. The second-order valence-electron chi connectivity index (χ2n) is 2.70. The summed E-state index contributed by atoms with van der Waals surface area (Å²) in [7, 11) is 0. The van der Waals surface area contributed by atoms with Crippen LogP contribution in [0.5, 0.6) is 5.75 Å². The summed E-state index contributed by atoms with van der Waals surface area (Å²) in [5, 5.41) is 8.84. The van der Waals surface area contributed by atoms with Crippen LogP contribution >= 0.6 is 12.6 Å². The lowest BCUT2D eigenvalue weighted by molar-refractivity contribution is 0.463. The number of benzene rings is 1. The first-order chi connectivity index (χ1) is 5.54. The molecule has 0 saturated heterocycles. The van der Waals surface area contributed by atoms with Gasteiger partial charge in [-0.25, -0.2) is 0 Å². The zero-order valence-electron chi connectivity index (χ0n) is 7.41. The number of allylic oxidation sites excluding steroid dienone is 1. The van der Waals surface area contributed by atoms with Crippen molar-refractivity contribution in [2.75, 3.05) is 0 Å². The van der Waals surface area contributed by atoms with Crippen molar-refractivity contribution in [3.8, 4) is 5.75 Å². The summed E-state index contributed by atoms with van der Waals surface area (Å²) >= 11 is 3.95. The topological polar surface area (TPSA) is 20.2 Å². The van der Waals surface area contributed by atoms with E-state index in [0.29, 0.717) is 4.90 Å². The number of thiol groups is 1. The second-order valence-corrected chi connectivity index (χ2v) is 3.18. The van der Waals surface area contributed by atoms with Gasteiger partial charge in [-0.3, -0.25) is 0 Å². The zero-order chi connectivity index (χ0) is 9.56. The first kappa shape index (κ1) is 11.1. The van der Waals surface area contributed by atoms with Crippen molar-refractivity contribution < 1.29 is 5.11 Å². The monoisotopic (exact) mass is 182 g/mol. The highest BCUT2D eigenvalue weighted by molar-refractivity contribution is 7.80. The Bertz CT molecular complexity index is 231. The van der Waals surface area contributed by atoms with E-state index < -0.39 is 0 Å². The third-order valence-electron chi connectivity index (χ3n) is 0.882. The van der Waals surface area contributed by atoms with Crippen LogP contribution < -0.4 is 0 Å². The minimum Gasteiger partial charge on any atom is -0.507 e. The van der Waals surface area contributed by atoms with E-state index in [1.54, 1.807) is 18.2 Å². The van der Waals surface area contributed by atoms with Crippen LogP contribution in [0.25, 0.3) is 0 Å². The maximum absolute atomic E-state index is 8.84. The van der Waals surface area contributed by atoms with E-state index >= 15 is 0 Å². The van der Waals surface area contributed by atoms with Crippen LogP contribution in [0.3, 0.4) is 0 Å². The van der Waals surface area contributed by atoms with Crippen molar-refractivity contribution in [2.24, 2.45) is 0 Å². The molecule has 1 aromatic rings. The fourth-order valence-electron chi connectivity index (χ4n) is 0.464. The van der Waals surface area contributed by atoms with Gasteiger partial charge in [-0.15, -0.1) is 19.2 Å². The summed E-state index contributed by atoms with van der Waals surface area (Å²) in [6.07, 6.45) is 0. The first-order valence-electron chi connectivity index (χ1n) is 3.63. The van der Waals surface area contributed by atoms with Crippen LogP contribution in [0.15, 0.2) is 41.3 Å². The van der Waals surface area contributed by atoms with Gasteiger partial charge in [0.15, 0.2) is 0 Å². The summed E-state index contributed by atoms with van der Waals surface area (Å²) in [6, 6.07) is 6.91. The van der Waals surface area contributed by atoms with E-state index in [0.717, 1.165) is 0 Å². The van der Waals surface area contributed by atoms with Crippen molar-refractivity contribution in [3.05, 3.63) is 36.4 Å². The van der Waals surface area contributed by atoms with E-state index in [1.165, 1.54) is 5.57 Å². The molecule has 2 heteroatoms. The minimum absolute atomic E-state index is 0.232. The van der Waals surface area contributed by atoms with Gasteiger partial charge >= 0.3 is 0 Å². The molecule has 0 aliphatic rings. The molecule has 0 aromatic heterocycles. The Hall–Kier alpha value is -0.890. The van der Waals surface area contributed by atoms with Crippen molar-refractivity contribution in [2.45, 2.75) is 18.7 Å². The second kappa shape index (κ2) is 5.72. The predicted octanol–water partition coefficient (Wildman–Crippen LogP) is 3.26. The lowest BCUT2D eigenvalue weighted by atomic mass is 10.3. The molecule has 0 spiro atoms. The molecule has 0 atom stereocenters. The lowest BCUT2D eigenvalue weighted by Gasteiger charge is -1.91. The van der Waals surface area contributed by atoms with Gasteiger partial charge in [-0.05, 0) is 26.0 Å². The fourth-order valence-corrected chi connectivity index (χ4v) is 0.625. The number of phenolic OH excluding ortho intramolecular Hbond substituents is 1. The highest BCUT2D eigenvalue weighted by atomic mass is 32.1. The van der Waals surface area contributed by atoms with Gasteiger partial charge in [0.1, 0.15) is 5.75 Å². The van der Waals surface area contributed by atoms with Crippen LogP contribution in [-0.2, 0) is 0 Å². The minimum atomic E-state index is 0.232. The summed E-state index contributed by atoms with van der Waals surface area (Å²) in [5.41, 5.74) is 1.17. The van der Waals surface area contributed by atoms with Crippen molar-refractivity contribution in [3.63, 3.8) is 0 Å². The summed E-state index contributed by atoms with van der Waals surface area (Å²) in [4.78, 5) is 0.618. The summed E-state index contributed by atoms with van der Waals surface area (Å²) in [5.74, 6) is 0.232. The van der Waals surface area contributed by atoms with Gasteiger partial charge < -0.3 is 5.11 Å². The molecule has 66 valence electrons. The van der Waals surface area contributed by atoms with E-state index in [1.807, 2.05) is 19.9 Å². The standard InChI is InChI=1S/C6H6OS.C4H8/c7-5-3-1-2-4-6(5)8;1-4(2)3/h1-4,7-8H;1H2,2-3H3. The molecule has 0 saturated carbocycles. The molecule has 1 aromatic carbocycles. The molecule has 1 nitrogen and oxygen atoms in total. The summed E-state index contributed by atoms with van der Waals surface area (Å²) < 4.78 is 0. The molecule has 12 heavy (non-hydrogen) atoms. The van der Waals surface area contributed by atoms with Crippen molar-refractivity contribution in [1.29, 1.82) is 0 Å². The van der Waals surface area contributed by atoms with Gasteiger partial charge in [0, 0.05) is 4.90 Å². The molecule has 1 rings (SSSR count). The van der Waals surface area contributed by atoms with Crippen LogP contribution in [0.2, 0.25) is 0 Å². The Morgan fingerprint density at radius 1 is 1.33 bits per heavy atom. The summed E-state index contributed by atoms with van der Waals surface area (Å²) in [6.45, 7) is 7.50. The van der Waals surface area contributed by atoms with E-state index in [-0.39, 0.29) is 5.75 Å². The molecule has 1 N–H and O–H groups in total. The maximum atomic E-state index is 8.84. The number of hydrogen-bond acceptors (Lipinski definition) is 2. The van der Waals surface area contributed by atoms with Crippen LogP contribution in [-0.4, -0.2) is 5.11 Å². The first-order valence-corrected chi connectivity index (χ1v) is 4.08. The Morgan fingerprint density at radius 3 is 2.00 bits per heavy atom. The number of rotatable bonds is 0. The molecule has 0 radical (unpaired) electrons. The van der Waals surface area contributed by atoms with Gasteiger partial charge in [-0.1, -0.05) is 17.7 Å². The van der Waals surface area contributed by atoms with Crippen molar-refractivity contribution in [1.82, 2.24) is 0 Å². The van der Waals surface area contributed by atoms with Crippen LogP contribution in [0.1, 0.15) is 13.8 Å². The Morgan fingerprint density at radius 2 is 1.75 bits per heavy atom. The third kappa shape index (κ3) is 5.86. The maximum Gasteiger partial charge on any atom is 0.128 e. The Balaban J connectivity index is 0.000000261. The van der Waals surface area contributed by atoms with Crippen LogP contribution in [0, 0.1) is 0 Å². The normalized spacial score (nSPS) is 8.25. The van der Waals surface area contributed by atoms with Gasteiger partial charge in [-0.2, -0.15) is 0 Å². The zero-order valence-corrected chi connectivity index (χ0v) is 8.31. The van der Waals surface area contributed by atoms with Gasteiger partial charge in [0.25, 0.3) is 0 Å². The highest BCUT2D eigenvalue weighted by Gasteiger charge is 1.88. The van der Waals surface area contributed by atoms with Crippen molar-refractivity contribution >= 4 is 12.6 Å². The third-order valence-corrected chi connectivity index (χ3v) is 1.26. The number of phenols is 1. The number of aromatic hydroxyl groups is 1. The fraction of sp³-hybridized carbons (Fsp3) is 0.200. The average Bonchev–Trinajstić information content (AvgIpc) is 1.94. The van der Waals surface area contributed by atoms with E-state index in [2.05, 4.69) is 19.2 Å². The average molecular weight is 182 g/mol. The van der Waals surface area contributed by atoms with Gasteiger partial charge in [0.2, 0.25) is 0 Å². The molecule has 0 aliphatic carbocycles. The van der Waals surface area contributed by atoms with E-state index in [4.69, 9.17) is 5.11 Å². The Kier molecular flexibility index (Phi) is 5.30. The molecule has 0 bridgehead atoms. The smallest absolute Gasteiger partial charge is 0.128 e. The molecular weight excluding hydrogens is 168 g/mol. The van der Waals surface area contributed by atoms with Crippen LogP contribution in [0.4, 0.5) is 0 Å². The predicted molar refractivity (Wildman–Crippen MR) is 55.8 cm³/mol. The molecule has 0 amide bonds. The molecular formula is C10H14OS.